The second-order valence-electron chi connectivity index (χ2n) is 8.26. The summed E-state index contributed by atoms with van der Waals surface area (Å²) in [5, 5.41) is 5.29. The number of likely N-dealkylation sites (tertiary alicyclic amines) is 1. The van der Waals surface area contributed by atoms with Crippen LogP contribution in [0.3, 0.4) is 0 Å². The summed E-state index contributed by atoms with van der Waals surface area (Å²) in [7, 11) is 2.13. The number of carbonyl (C=O) groups is 1. The molecule has 0 N–H and O–H groups in total. The van der Waals surface area contributed by atoms with Crippen molar-refractivity contribution in [3.05, 3.63) is 39.5 Å². The summed E-state index contributed by atoms with van der Waals surface area (Å²) >= 11 is 3.33. The number of aromatic nitrogens is 3. The fraction of sp³-hybridized carbons (Fsp3) is 0.571. The molecular weight excluding hydrogens is 416 g/mol. The lowest BCUT2D eigenvalue weighted by Gasteiger charge is -2.34. The van der Waals surface area contributed by atoms with E-state index in [0.29, 0.717) is 11.7 Å². The molecule has 2 saturated heterocycles. The maximum absolute atomic E-state index is 13.5. The lowest BCUT2D eigenvalue weighted by molar-refractivity contribution is 0.0752. The number of fused-ring (bicyclic) bond motifs is 1. The second-order valence-corrected chi connectivity index (χ2v) is 10.1. The predicted octanol–water partition coefficient (Wildman–Crippen LogP) is 3.36. The minimum Gasteiger partial charge on any atom is -0.336 e. The van der Waals surface area contributed by atoms with Crippen LogP contribution in [-0.4, -0.2) is 74.7 Å². The molecule has 3 aromatic rings. The molecule has 2 aliphatic rings. The van der Waals surface area contributed by atoms with E-state index in [0.717, 1.165) is 62.8 Å². The molecule has 30 heavy (non-hydrogen) atoms. The number of imidazole rings is 1. The predicted molar refractivity (Wildman–Crippen MR) is 120 cm³/mol. The van der Waals surface area contributed by atoms with E-state index in [1.54, 1.807) is 22.7 Å². The van der Waals surface area contributed by atoms with Crippen LogP contribution in [0, 0.1) is 0 Å². The van der Waals surface area contributed by atoms with E-state index in [2.05, 4.69) is 43.2 Å². The van der Waals surface area contributed by atoms with Crippen LogP contribution in [0.2, 0.25) is 0 Å². The van der Waals surface area contributed by atoms with Crippen molar-refractivity contribution in [1.29, 1.82) is 0 Å². The monoisotopic (exact) mass is 444 g/mol. The molecule has 0 aromatic carbocycles. The maximum atomic E-state index is 13.5. The van der Waals surface area contributed by atoms with Crippen molar-refractivity contribution in [3.8, 4) is 0 Å². The van der Waals surface area contributed by atoms with Crippen molar-refractivity contribution in [1.82, 2.24) is 29.1 Å². The van der Waals surface area contributed by atoms with Crippen molar-refractivity contribution in [2.75, 3.05) is 39.8 Å². The zero-order valence-electron chi connectivity index (χ0n) is 17.4. The van der Waals surface area contributed by atoms with Crippen LogP contribution in [0.5, 0.6) is 0 Å². The molecule has 2 fully saturated rings. The first-order chi connectivity index (χ1) is 14.7. The Labute approximate surface area is 185 Å². The van der Waals surface area contributed by atoms with Gasteiger partial charge in [-0.2, -0.15) is 0 Å². The SMILES string of the molecule is CN1CCCN(C(=O)c2nc3sccn3c2CN2CCCCC2c2nccs2)CC1. The molecule has 0 aliphatic carbocycles. The molecule has 1 atom stereocenters. The molecule has 0 bridgehead atoms. The van der Waals surface area contributed by atoms with Gasteiger partial charge in [-0.25, -0.2) is 9.97 Å². The highest BCUT2D eigenvalue weighted by molar-refractivity contribution is 7.15. The van der Waals surface area contributed by atoms with Gasteiger partial charge in [0.1, 0.15) is 5.01 Å². The lowest BCUT2D eigenvalue weighted by Crippen LogP contribution is -2.37. The van der Waals surface area contributed by atoms with Gasteiger partial charge in [0.25, 0.3) is 5.91 Å². The van der Waals surface area contributed by atoms with E-state index < -0.39 is 0 Å². The van der Waals surface area contributed by atoms with Crippen molar-refractivity contribution < 1.29 is 4.79 Å². The lowest BCUT2D eigenvalue weighted by atomic mass is 10.0. The normalized spacial score (nSPS) is 21.9. The Morgan fingerprint density at radius 2 is 2.03 bits per heavy atom. The van der Waals surface area contributed by atoms with Gasteiger partial charge in [-0.1, -0.05) is 6.42 Å². The highest BCUT2D eigenvalue weighted by Crippen LogP contribution is 2.34. The second kappa shape index (κ2) is 8.74. The number of hydrogen-bond acceptors (Lipinski definition) is 7. The standard InChI is InChI=1S/C21H28N6OS2/c1-24-7-4-9-25(11-10-24)20(28)18-17(27-12-14-30-21(27)23-18)15-26-8-3-2-5-16(26)19-22-6-13-29-19/h6,12-14,16H,2-5,7-11,15H2,1H3. The smallest absolute Gasteiger partial charge is 0.274 e. The summed E-state index contributed by atoms with van der Waals surface area (Å²) in [5.74, 6) is 0.0824. The molecule has 1 amide bonds. The highest BCUT2D eigenvalue weighted by atomic mass is 32.1. The van der Waals surface area contributed by atoms with Gasteiger partial charge in [0.05, 0.1) is 11.7 Å². The number of hydrogen-bond donors (Lipinski definition) is 0. The molecular formula is C21H28N6OS2. The number of nitrogens with zero attached hydrogens (tertiary/aromatic N) is 6. The van der Waals surface area contributed by atoms with Crippen molar-refractivity contribution in [3.63, 3.8) is 0 Å². The quantitative estimate of drug-likeness (QED) is 0.618. The van der Waals surface area contributed by atoms with Gasteiger partial charge in [0, 0.05) is 49.3 Å². The topological polar surface area (TPSA) is 57.0 Å². The summed E-state index contributed by atoms with van der Waals surface area (Å²) in [4.78, 5) is 30.6. The summed E-state index contributed by atoms with van der Waals surface area (Å²) in [6, 6.07) is 0.331. The first-order valence-corrected chi connectivity index (χ1v) is 12.5. The summed E-state index contributed by atoms with van der Waals surface area (Å²) in [5.41, 5.74) is 1.66. The first-order valence-electron chi connectivity index (χ1n) is 10.8. The summed E-state index contributed by atoms with van der Waals surface area (Å²) < 4.78 is 2.12. The highest BCUT2D eigenvalue weighted by Gasteiger charge is 2.31. The van der Waals surface area contributed by atoms with Crippen LogP contribution in [0.4, 0.5) is 0 Å². The van der Waals surface area contributed by atoms with E-state index in [9.17, 15) is 4.79 Å². The molecule has 5 heterocycles. The van der Waals surface area contributed by atoms with Crippen molar-refractivity contribution in [2.45, 2.75) is 38.3 Å². The molecule has 9 heteroatoms. The first kappa shape index (κ1) is 20.1. The molecule has 5 rings (SSSR count). The fourth-order valence-corrected chi connectivity index (χ4v) is 6.15. The molecule has 0 saturated carbocycles. The van der Waals surface area contributed by atoms with E-state index in [1.807, 2.05) is 11.1 Å². The summed E-state index contributed by atoms with van der Waals surface area (Å²) in [6.07, 6.45) is 8.51. The zero-order chi connectivity index (χ0) is 20.5. The van der Waals surface area contributed by atoms with Gasteiger partial charge >= 0.3 is 0 Å². The minimum absolute atomic E-state index is 0.0824. The number of amides is 1. The number of piperidine rings is 1. The fourth-order valence-electron chi connectivity index (χ4n) is 4.61. The van der Waals surface area contributed by atoms with Crippen LogP contribution in [0.1, 0.15) is 52.9 Å². The van der Waals surface area contributed by atoms with Gasteiger partial charge in [0.15, 0.2) is 10.7 Å². The molecule has 160 valence electrons. The van der Waals surface area contributed by atoms with Crippen LogP contribution >= 0.6 is 22.7 Å². The molecule has 1 unspecified atom stereocenters. The Morgan fingerprint density at radius 3 is 2.90 bits per heavy atom. The van der Waals surface area contributed by atoms with E-state index in [4.69, 9.17) is 4.98 Å². The average Bonchev–Trinajstić information content (AvgIpc) is 3.47. The Morgan fingerprint density at radius 1 is 1.10 bits per heavy atom. The Hall–Kier alpha value is -1.81. The van der Waals surface area contributed by atoms with Crippen LogP contribution in [-0.2, 0) is 6.54 Å². The third-order valence-corrected chi connectivity index (χ3v) is 7.91. The van der Waals surface area contributed by atoms with Gasteiger partial charge < -0.3 is 9.80 Å². The molecule has 0 spiro atoms. The molecule has 0 radical (unpaired) electrons. The maximum Gasteiger partial charge on any atom is 0.274 e. The minimum atomic E-state index is 0.0824. The van der Waals surface area contributed by atoms with Crippen molar-refractivity contribution in [2.24, 2.45) is 0 Å². The zero-order valence-corrected chi connectivity index (χ0v) is 19.0. The number of carbonyl (C=O) groups excluding carboxylic acids is 1. The van der Waals surface area contributed by atoms with Crippen molar-refractivity contribution >= 4 is 33.5 Å². The van der Waals surface area contributed by atoms with Crippen LogP contribution in [0.25, 0.3) is 4.96 Å². The van der Waals surface area contributed by atoms with E-state index in [1.165, 1.54) is 17.8 Å². The molecule has 7 nitrogen and oxygen atoms in total. The third-order valence-electron chi connectivity index (χ3n) is 6.27. The molecule has 2 aliphatic heterocycles. The third kappa shape index (κ3) is 3.91. The van der Waals surface area contributed by atoms with E-state index in [-0.39, 0.29) is 5.91 Å². The number of likely N-dealkylation sites (N-methyl/N-ethyl adjacent to an activating group) is 1. The van der Waals surface area contributed by atoms with Gasteiger partial charge in [0.2, 0.25) is 0 Å². The van der Waals surface area contributed by atoms with Crippen LogP contribution in [0.15, 0.2) is 23.2 Å². The largest absolute Gasteiger partial charge is 0.336 e. The number of rotatable bonds is 4. The Bertz CT molecular complexity index is 997. The average molecular weight is 445 g/mol. The van der Waals surface area contributed by atoms with Gasteiger partial charge in [-0.05, 0) is 39.4 Å². The van der Waals surface area contributed by atoms with Gasteiger partial charge in [-0.15, -0.1) is 22.7 Å². The summed E-state index contributed by atoms with van der Waals surface area (Å²) in [6.45, 7) is 5.30. The molecule has 3 aromatic heterocycles. The Kier molecular flexibility index (Phi) is 5.86. The number of thiazole rings is 2. The Balaban J connectivity index is 1.45. The van der Waals surface area contributed by atoms with Gasteiger partial charge in [-0.3, -0.25) is 14.1 Å². The van der Waals surface area contributed by atoms with Crippen LogP contribution < -0.4 is 0 Å². The van der Waals surface area contributed by atoms with E-state index >= 15 is 0 Å².